The van der Waals surface area contributed by atoms with Crippen molar-refractivity contribution in [1.82, 2.24) is 34.3 Å². The summed E-state index contributed by atoms with van der Waals surface area (Å²) in [6, 6.07) is 1.54. The highest BCUT2D eigenvalue weighted by Gasteiger charge is 2.37. The molecule has 1 fully saturated rings. The van der Waals surface area contributed by atoms with E-state index < -0.39 is 12.0 Å². The van der Waals surface area contributed by atoms with Crippen LogP contribution >= 0.6 is 0 Å². The lowest BCUT2D eigenvalue weighted by atomic mass is 10.2. The predicted molar refractivity (Wildman–Crippen MR) is 103 cm³/mol. The number of carbonyl (C=O) groups excluding carboxylic acids is 1. The Morgan fingerprint density at radius 1 is 1.26 bits per heavy atom. The first-order valence-electron chi connectivity index (χ1n) is 9.63. The molecular formula is C18H21F3N8O2. The predicted octanol–water partition coefficient (Wildman–Crippen LogP) is 2.03. The van der Waals surface area contributed by atoms with Gasteiger partial charge in [0.05, 0.1) is 24.1 Å². The minimum Gasteiger partial charge on any atom is -0.372 e. The zero-order chi connectivity index (χ0) is 22.3. The molecule has 0 aromatic carbocycles. The van der Waals surface area contributed by atoms with Gasteiger partial charge in [-0.05, 0) is 20.8 Å². The molecule has 4 heterocycles. The Hall–Kier alpha value is -3.22. The zero-order valence-electron chi connectivity index (χ0n) is 17.1. The smallest absolute Gasteiger partial charge is 0.372 e. The van der Waals surface area contributed by atoms with Crippen molar-refractivity contribution in [2.75, 3.05) is 18.4 Å². The summed E-state index contributed by atoms with van der Waals surface area (Å²) in [5, 5.41) is 10.6. The molecule has 4 rings (SSSR count). The van der Waals surface area contributed by atoms with Crippen LogP contribution in [0, 0.1) is 6.92 Å². The molecule has 0 bridgehead atoms. The summed E-state index contributed by atoms with van der Waals surface area (Å²) in [6.07, 6.45) is -1.69. The molecule has 2 atom stereocenters. The van der Waals surface area contributed by atoms with Crippen LogP contribution in [0.2, 0.25) is 0 Å². The number of anilines is 2. The number of rotatable bonds is 4. The van der Waals surface area contributed by atoms with Gasteiger partial charge in [-0.25, -0.2) is 4.98 Å². The molecule has 0 spiro atoms. The first-order valence-corrected chi connectivity index (χ1v) is 9.63. The van der Waals surface area contributed by atoms with Gasteiger partial charge in [-0.15, -0.1) is 5.10 Å². The monoisotopic (exact) mass is 438 g/mol. The molecule has 1 N–H and O–H groups in total. The topological polar surface area (TPSA) is 102 Å². The number of alkyl halides is 3. The number of morpholine rings is 1. The van der Waals surface area contributed by atoms with Gasteiger partial charge in [0.2, 0.25) is 5.91 Å². The van der Waals surface area contributed by atoms with Crippen molar-refractivity contribution in [3.8, 4) is 0 Å². The average Bonchev–Trinajstić information content (AvgIpc) is 3.27. The minimum absolute atomic E-state index is 0.0352. The summed E-state index contributed by atoms with van der Waals surface area (Å²) in [5.41, 5.74) is 0.946. The standard InChI is InChI=1S/C18H21F3N8O2/c1-10-4-14(29-17(23-10)25-16(26-29)18(19,20)21)24-13-5-22-28(8-13)9-15(30)27-6-11(2)31-12(3)7-27/h4-5,8,11-12,24H,6-7,9H2,1-3H3. The van der Waals surface area contributed by atoms with Gasteiger partial charge in [0, 0.05) is 31.0 Å². The van der Waals surface area contributed by atoms with Gasteiger partial charge in [0.15, 0.2) is 0 Å². The largest absolute Gasteiger partial charge is 0.453 e. The molecule has 0 saturated carbocycles. The fraction of sp³-hybridized carbons (Fsp3) is 0.500. The number of nitrogens with one attached hydrogen (secondary N) is 1. The minimum atomic E-state index is -4.68. The van der Waals surface area contributed by atoms with Crippen molar-refractivity contribution in [1.29, 1.82) is 0 Å². The van der Waals surface area contributed by atoms with Crippen molar-refractivity contribution < 1.29 is 22.7 Å². The Labute approximate surface area is 175 Å². The fourth-order valence-corrected chi connectivity index (χ4v) is 3.48. The summed E-state index contributed by atoms with van der Waals surface area (Å²) >= 11 is 0. The molecule has 1 aliphatic heterocycles. The van der Waals surface area contributed by atoms with Crippen LogP contribution in [0.1, 0.15) is 25.4 Å². The van der Waals surface area contributed by atoms with Crippen LogP contribution < -0.4 is 5.32 Å². The molecule has 1 saturated heterocycles. The van der Waals surface area contributed by atoms with Crippen LogP contribution in [0.5, 0.6) is 0 Å². The van der Waals surface area contributed by atoms with Crippen molar-refractivity contribution in [3.63, 3.8) is 0 Å². The molecule has 2 unspecified atom stereocenters. The second-order valence-electron chi connectivity index (χ2n) is 7.54. The van der Waals surface area contributed by atoms with Crippen LogP contribution in [0.3, 0.4) is 0 Å². The fourth-order valence-electron chi connectivity index (χ4n) is 3.48. The lowest BCUT2D eigenvalue weighted by Gasteiger charge is -2.35. The van der Waals surface area contributed by atoms with Crippen LogP contribution in [0.4, 0.5) is 24.7 Å². The van der Waals surface area contributed by atoms with E-state index in [1.807, 2.05) is 13.8 Å². The Kier molecular flexibility index (Phi) is 5.29. The summed E-state index contributed by atoms with van der Waals surface area (Å²) in [4.78, 5) is 21.8. The number of hydrogen-bond donors (Lipinski definition) is 1. The third kappa shape index (κ3) is 4.60. The van der Waals surface area contributed by atoms with E-state index in [-0.39, 0.29) is 36.3 Å². The van der Waals surface area contributed by atoms with E-state index in [9.17, 15) is 18.0 Å². The Balaban J connectivity index is 1.51. The Bertz CT molecular complexity index is 1100. The molecule has 3 aromatic rings. The molecule has 0 aliphatic carbocycles. The normalized spacial score (nSPS) is 19.7. The number of fused-ring (bicyclic) bond motifs is 1. The Morgan fingerprint density at radius 3 is 2.65 bits per heavy atom. The number of amides is 1. The van der Waals surface area contributed by atoms with Crippen LogP contribution in [-0.2, 0) is 22.3 Å². The van der Waals surface area contributed by atoms with Crippen LogP contribution in [0.15, 0.2) is 18.5 Å². The van der Waals surface area contributed by atoms with Gasteiger partial charge in [-0.3, -0.25) is 9.48 Å². The van der Waals surface area contributed by atoms with E-state index >= 15 is 0 Å². The van der Waals surface area contributed by atoms with Crippen molar-refractivity contribution in [3.05, 3.63) is 30.0 Å². The van der Waals surface area contributed by atoms with E-state index in [0.717, 1.165) is 4.52 Å². The summed E-state index contributed by atoms with van der Waals surface area (Å²) in [7, 11) is 0. The number of halogens is 3. The van der Waals surface area contributed by atoms with Gasteiger partial charge in [0.1, 0.15) is 12.4 Å². The van der Waals surface area contributed by atoms with Gasteiger partial charge in [-0.1, -0.05) is 0 Å². The number of carbonyl (C=O) groups is 1. The Morgan fingerprint density at radius 2 is 1.97 bits per heavy atom. The molecule has 3 aromatic heterocycles. The summed E-state index contributed by atoms with van der Waals surface area (Å²) < 4.78 is 47.0. The first-order chi connectivity index (χ1) is 14.6. The lowest BCUT2D eigenvalue weighted by molar-refractivity contribution is -0.145. The van der Waals surface area contributed by atoms with Crippen LogP contribution in [0.25, 0.3) is 5.78 Å². The van der Waals surface area contributed by atoms with E-state index in [2.05, 4.69) is 25.5 Å². The summed E-state index contributed by atoms with van der Waals surface area (Å²) in [5.74, 6) is -1.30. The maximum Gasteiger partial charge on any atom is 0.453 e. The molecular weight excluding hydrogens is 417 g/mol. The molecule has 1 amide bonds. The quantitative estimate of drug-likeness (QED) is 0.665. The highest BCUT2D eigenvalue weighted by Crippen LogP contribution is 2.27. The van der Waals surface area contributed by atoms with Gasteiger partial charge < -0.3 is 15.0 Å². The number of ether oxygens (including phenoxy) is 1. The van der Waals surface area contributed by atoms with Crippen LogP contribution in [-0.4, -0.2) is 65.5 Å². The number of aromatic nitrogens is 6. The number of nitrogens with zero attached hydrogens (tertiary/aromatic N) is 7. The lowest BCUT2D eigenvalue weighted by Crippen LogP contribution is -2.49. The van der Waals surface area contributed by atoms with Gasteiger partial charge >= 0.3 is 6.18 Å². The van der Waals surface area contributed by atoms with Crippen molar-refractivity contribution in [2.45, 2.75) is 45.7 Å². The SMILES string of the molecule is Cc1cc(Nc2cnn(CC(=O)N3CC(C)OC(C)C3)c2)n2nc(C(F)(F)F)nc2n1. The molecule has 10 nitrogen and oxygen atoms in total. The maximum absolute atomic E-state index is 13.0. The highest BCUT2D eigenvalue weighted by molar-refractivity contribution is 5.76. The summed E-state index contributed by atoms with van der Waals surface area (Å²) in [6.45, 7) is 6.53. The second-order valence-corrected chi connectivity index (χ2v) is 7.54. The van der Waals surface area contributed by atoms with Crippen molar-refractivity contribution >= 4 is 23.2 Å². The molecule has 31 heavy (non-hydrogen) atoms. The molecule has 0 radical (unpaired) electrons. The first kappa shape index (κ1) is 21.0. The van der Waals surface area contributed by atoms with E-state index in [4.69, 9.17) is 4.74 Å². The zero-order valence-corrected chi connectivity index (χ0v) is 17.1. The van der Waals surface area contributed by atoms with Crippen molar-refractivity contribution in [2.24, 2.45) is 0 Å². The van der Waals surface area contributed by atoms with Gasteiger partial charge in [0.25, 0.3) is 11.6 Å². The van der Waals surface area contributed by atoms with E-state index in [1.165, 1.54) is 10.9 Å². The molecule has 13 heteroatoms. The second kappa shape index (κ2) is 7.80. The third-order valence-electron chi connectivity index (χ3n) is 4.67. The maximum atomic E-state index is 13.0. The van der Waals surface area contributed by atoms with Gasteiger partial charge in [-0.2, -0.15) is 27.8 Å². The van der Waals surface area contributed by atoms with E-state index in [0.29, 0.717) is 24.5 Å². The number of hydrogen-bond acceptors (Lipinski definition) is 7. The molecule has 166 valence electrons. The molecule has 1 aliphatic rings. The van der Waals surface area contributed by atoms with E-state index in [1.54, 1.807) is 24.1 Å². The highest BCUT2D eigenvalue weighted by atomic mass is 19.4. The number of aryl methyl sites for hydroxylation is 1. The third-order valence-corrected chi connectivity index (χ3v) is 4.67. The average molecular weight is 438 g/mol.